The molecule has 66 valence electrons. The van der Waals surface area contributed by atoms with Crippen LogP contribution in [0.4, 0.5) is 0 Å². The lowest BCUT2D eigenvalue weighted by atomic mass is 10.3. The lowest BCUT2D eigenvalue weighted by Gasteiger charge is -2.08. The quantitative estimate of drug-likeness (QED) is 0.534. The van der Waals surface area contributed by atoms with Gasteiger partial charge in [0, 0.05) is 13.7 Å². The molecule has 0 rings (SSSR count). The van der Waals surface area contributed by atoms with E-state index in [1.54, 1.807) is 0 Å². The summed E-state index contributed by atoms with van der Waals surface area (Å²) in [5, 5.41) is 11.9. The van der Waals surface area contributed by atoms with Crippen LogP contribution in [0.5, 0.6) is 0 Å². The Morgan fingerprint density at radius 3 is 2.82 bits per heavy atom. The molecule has 1 atom stereocenters. The minimum absolute atomic E-state index is 0.0645. The Morgan fingerprint density at radius 2 is 2.36 bits per heavy atom. The molecule has 1 unspecified atom stereocenters. The first-order valence-corrected chi connectivity index (χ1v) is 3.54. The standard InChI is InChI=1S/C7H15NO3/c1-6(9)3-8-4-7(10)5-11-2/h7-8,10H,3-5H2,1-2H3. The van der Waals surface area contributed by atoms with E-state index in [0.717, 1.165) is 0 Å². The highest BCUT2D eigenvalue weighted by atomic mass is 16.5. The van der Waals surface area contributed by atoms with Gasteiger partial charge in [-0.3, -0.25) is 4.79 Å². The zero-order valence-electron chi connectivity index (χ0n) is 6.96. The van der Waals surface area contributed by atoms with Crippen molar-refractivity contribution >= 4 is 5.78 Å². The first-order chi connectivity index (χ1) is 5.16. The summed E-state index contributed by atoms with van der Waals surface area (Å²) in [7, 11) is 1.52. The first kappa shape index (κ1) is 10.6. The SMILES string of the molecule is COCC(O)CNCC(C)=O. The number of aliphatic hydroxyl groups excluding tert-OH is 1. The summed E-state index contributed by atoms with van der Waals surface area (Å²) in [6, 6.07) is 0. The number of ketones is 1. The molecule has 0 aromatic heterocycles. The Kier molecular flexibility index (Phi) is 6.02. The van der Waals surface area contributed by atoms with Crippen LogP contribution in [-0.2, 0) is 9.53 Å². The van der Waals surface area contributed by atoms with Gasteiger partial charge in [0.15, 0.2) is 0 Å². The maximum atomic E-state index is 10.4. The number of rotatable bonds is 6. The van der Waals surface area contributed by atoms with E-state index >= 15 is 0 Å². The van der Waals surface area contributed by atoms with E-state index in [2.05, 4.69) is 10.1 Å². The largest absolute Gasteiger partial charge is 0.389 e. The molecule has 0 radical (unpaired) electrons. The number of nitrogens with one attached hydrogen (secondary N) is 1. The van der Waals surface area contributed by atoms with Crippen LogP contribution in [0.1, 0.15) is 6.92 Å². The predicted molar refractivity (Wildman–Crippen MR) is 41.4 cm³/mol. The zero-order valence-corrected chi connectivity index (χ0v) is 6.96. The van der Waals surface area contributed by atoms with Crippen molar-refractivity contribution in [2.75, 3.05) is 26.8 Å². The lowest BCUT2D eigenvalue weighted by Crippen LogP contribution is -2.32. The molecule has 0 aromatic carbocycles. The molecular weight excluding hydrogens is 146 g/mol. The van der Waals surface area contributed by atoms with Crippen LogP contribution in [0.15, 0.2) is 0 Å². The van der Waals surface area contributed by atoms with Gasteiger partial charge in [0.1, 0.15) is 5.78 Å². The Hall–Kier alpha value is -0.450. The van der Waals surface area contributed by atoms with Gasteiger partial charge < -0.3 is 15.2 Å². The Labute approximate surface area is 66.5 Å². The molecule has 0 amide bonds. The van der Waals surface area contributed by atoms with Crippen molar-refractivity contribution in [2.24, 2.45) is 0 Å². The van der Waals surface area contributed by atoms with E-state index in [9.17, 15) is 4.79 Å². The highest BCUT2D eigenvalue weighted by Crippen LogP contribution is 1.80. The van der Waals surface area contributed by atoms with Crippen molar-refractivity contribution in [3.63, 3.8) is 0 Å². The smallest absolute Gasteiger partial charge is 0.143 e. The highest BCUT2D eigenvalue weighted by Gasteiger charge is 2.01. The summed E-state index contributed by atoms with van der Waals surface area (Å²) in [5.74, 6) is 0.0645. The maximum absolute atomic E-state index is 10.4. The van der Waals surface area contributed by atoms with Crippen LogP contribution in [0.25, 0.3) is 0 Å². The van der Waals surface area contributed by atoms with Crippen molar-refractivity contribution in [1.29, 1.82) is 0 Å². The van der Waals surface area contributed by atoms with Crippen molar-refractivity contribution in [1.82, 2.24) is 5.32 Å². The monoisotopic (exact) mass is 161 g/mol. The van der Waals surface area contributed by atoms with E-state index in [-0.39, 0.29) is 5.78 Å². The van der Waals surface area contributed by atoms with E-state index in [1.807, 2.05) is 0 Å². The number of aliphatic hydroxyl groups is 1. The average molecular weight is 161 g/mol. The fraction of sp³-hybridized carbons (Fsp3) is 0.857. The van der Waals surface area contributed by atoms with Crippen LogP contribution in [0.2, 0.25) is 0 Å². The third kappa shape index (κ3) is 7.45. The lowest BCUT2D eigenvalue weighted by molar-refractivity contribution is -0.116. The van der Waals surface area contributed by atoms with E-state index in [1.165, 1.54) is 14.0 Å². The summed E-state index contributed by atoms with van der Waals surface area (Å²) in [6.07, 6.45) is -0.528. The van der Waals surface area contributed by atoms with Gasteiger partial charge in [-0.1, -0.05) is 0 Å². The molecule has 0 aliphatic heterocycles. The molecule has 0 bridgehead atoms. The zero-order chi connectivity index (χ0) is 8.69. The molecule has 11 heavy (non-hydrogen) atoms. The fourth-order valence-corrected chi connectivity index (χ4v) is 0.666. The van der Waals surface area contributed by atoms with Crippen LogP contribution >= 0.6 is 0 Å². The predicted octanol–water partition coefficient (Wildman–Crippen LogP) is -0.828. The number of methoxy groups -OCH3 is 1. The van der Waals surface area contributed by atoms with Gasteiger partial charge >= 0.3 is 0 Å². The van der Waals surface area contributed by atoms with Crippen molar-refractivity contribution in [3.05, 3.63) is 0 Å². The number of ether oxygens (including phenoxy) is 1. The molecule has 0 aliphatic carbocycles. The summed E-state index contributed by atoms with van der Waals surface area (Å²) >= 11 is 0. The van der Waals surface area contributed by atoms with Crippen molar-refractivity contribution in [3.8, 4) is 0 Å². The maximum Gasteiger partial charge on any atom is 0.143 e. The molecule has 0 saturated carbocycles. The number of hydrogen-bond donors (Lipinski definition) is 2. The molecular formula is C7H15NO3. The van der Waals surface area contributed by atoms with Gasteiger partial charge in [0.2, 0.25) is 0 Å². The van der Waals surface area contributed by atoms with E-state index < -0.39 is 6.10 Å². The van der Waals surface area contributed by atoms with Crippen molar-refractivity contribution in [2.45, 2.75) is 13.0 Å². The summed E-state index contributed by atoms with van der Waals surface area (Å²) in [5.41, 5.74) is 0. The second-order valence-corrected chi connectivity index (χ2v) is 2.44. The Balaban J connectivity index is 3.16. The van der Waals surface area contributed by atoms with E-state index in [4.69, 9.17) is 5.11 Å². The number of hydrogen-bond acceptors (Lipinski definition) is 4. The highest BCUT2D eigenvalue weighted by molar-refractivity contribution is 5.77. The summed E-state index contributed by atoms with van der Waals surface area (Å²) in [4.78, 5) is 10.4. The molecule has 0 aromatic rings. The summed E-state index contributed by atoms with van der Waals surface area (Å²) in [6.45, 7) is 2.49. The second kappa shape index (κ2) is 6.27. The molecule has 4 heteroatoms. The normalized spacial score (nSPS) is 13.0. The number of carbonyl (C=O) groups excluding carboxylic acids is 1. The van der Waals surface area contributed by atoms with Gasteiger partial charge in [0.05, 0.1) is 19.3 Å². The molecule has 0 heterocycles. The first-order valence-electron chi connectivity index (χ1n) is 3.54. The van der Waals surface area contributed by atoms with Gasteiger partial charge in [-0.05, 0) is 6.92 Å². The average Bonchev–Trinajstić information content (AvgIpc) is 1.87. The van der Waals surface area contributed by atoms with Gasteiger partial charge in [-0.15, -0.1) is 0 Å². The van der Waals surface area contributed by atoms with Crippen LogP contribution in [-0.4, -0.2) is 43.8 Å². The molecule has 0 fully saturated rings. The van der Waals surface area contributed by atoms with Gasteiger partial charge in [-0.2, -0.15) is 0 Å². The molecule has 4 nitrogen and oxygen atoms in total. The number of Topliss-reactive ketones (excluding diaryl/α,β-unsaturated/α-hetero) is 1. The third-order valence-electron chi connectivity index (χ3n) is 1.11. The number of carbonyl (C=O) groups is 1. The van der Waals surface area contributed by atoms with Crippen LogP contribution in [0, 0.1) is 0 Å². The fourth-order valence-electron chi connectivity index (χ4n) is 0.666. The summed E-state index contributed by atoms with van der Waals surface area (Å²) < 4.78 is 4.69. The Morgan fingerprint density at radius 1 is 1.73 bits per heavy atom. The van der Waals surface area contributed by atoms with Gasteiger partial charge in [0.25, 0.3) is 0 Å². The molecule has 2 N–H and O–H groups in total. The topological polar surface area (TPSA) is 58.6 Å². The van der Waals surface area contributed by atoms with Crippen molar-refractivity contribution < 1.29 is 14.6 Å². The third-order valence-corrected chi connectivity index (χ3v) is 1.11. The molecule has 0 aliphatic rings. The van der Waals surface area contributed by atoms with E-state index in [0.29, 0.717) is 19.7 Å². The second-order valence-electron chi connectivity index (χ2n) is 2.44. The van der Waals surface area contributed by atoms with Crippen LogP contribution < -0.4 is 5.32 Å². The molecule has 0 spiro atoms. The van der Waals surface area contributed by atoms with Crippen LogP contribution in [0.3, 0.4) is 0 Å². The minimum atomic E-state index is -0.528. The molecule has 0 saturated heterocycles. The Bertz CT molecular complexity index is 116. The minimum Gasteiger partial charge on any atom is -0.389 e. The van der Waals surface area contributed by atoms with Gasteiger partial charge in [-0.25, -0.2) is 0 Å².